The molecular formula is C17H16O4. The Bertz CT molecular complexity index is 629. The van der Waals surface area contributed by atoms with Gasteiger partial charge in [0, 0.05) is 6.08 Å². The van der Waals surface area contributed by atoms with Crippen molar-refractivity contribution in [3.05, 3.63) is 65.7 Å². The molecule has 0 spiro atoms. The van der Waals surface area contributed by atoms with Crippen molar-refractivity contribution in [2.45, 2.75) is 6.61 Å². The Morgan fingerprint density at radius 2 is 1.90 bits per heavy atom. The molecule has 0 heterocycles. The van der Waals surface area contributed by atoms with E-state index in [0.717, 1.165) is 11.1 Å². The molecule has 4 nitrogen and oxygen atoms in total. The molecule has 0 radical (unpaired) electrons. The van der Waals surface area contributed by atoms with Crippen LogP contribution in [0, 0.1) is 0 Å². The van der Waals surface area contributed by atoms with Gasteiger partial charge in [-0.1, -0.05) is 24.3 Å². The molecule has 1 N–H and O–H groups in total. The normalized spacial score (nSPS) is 10.6. The molecule has 0 amide bonds. The van der Waals surface area contributed by atoms with Crippen molar-refractivity contribution in [3.63, 3.8) is 0 Å². The highest BCUT2D eigenvalue weighted by atomic mass is 16.5. The minimum absolute atomic E-state index is 0.0194. The first-order valence-electron chi connectivity index (χ1n) is 6.45. The van der Waals surface area contributed by atoms with Crippen molar-refractivity contribution in [1.82, 2.24) is 0 Å². The van der Waals surface area contributed by atoms with Crippen LogP contribution in [0.5, 0.6) is 11.5 Å². The summed E-state index contributed by atoms with van der Waals surface area (Å²) in [7, 11) is 1.34. The van der Waals surface area contributed by atoms with Crippen LogP contribution in [0.2, 0.25) is 0 Å². The predicted octanol–water partition coefficient (Wildman–Crippen LogP) is 3.16. The van der Waals surface area contributed by atoms with E-state index in [1.165, 1.54) is 13.2 Å². The average Bonchev–Trinajstić information content (AvgIpc) is 2.54. The van der Waals surface area contributed by atoms with E-state index < -0.39 is 5.97 Å². The fourth-order valence-corrected chi connectivity index (χ4v) is 1.72. The monoisotopic (exact) mass is 284 g/mol. The van der Waals surface area contributed by atoms with Gasteiger partial charge in [0.15, 0.2) is 0 Å². The van der Waals surface area contributed by atoms with Crippen molar-refractivity contribution < 1.29 is 19.4 Å². The number of methoxy groups -OCH3 is 1. The van der Waals surface area contributed by atoms with Gasteiger partial charge in [-0.2, -0.15) is 0 Å². The van der Waals surface area contributed by atoms with E-state index in [2.05, 4.69) is 4.74 Å². The maximum atomic E-state index is 11.0. The van der Waals surface area contributed by atoms with E-state index in [1.807, 2.05) is 42.5 Å². The first-order chi connectivity index (χ1) is 10.2. The lowest BCUT2D eigenvalue weighted by atomic mass is 10.2. The van der Waals surface area contributed by atoms with Crippen LogP contribution < -0.4 is 4.74 Å². The second-order valence-electron chi connectivity index (χ2n) is 4.33. The summed E-state index contributed by atoms with van der Waals surface area (Å²) in [6.45, 7) is -0.0194. The highest BCUT2D eigenvalue weighted by molar-refractivity contribution is 5.86. The molecule has 0 saturated heterocycles. The highest BCUT2D eigenvalue weighted by Crippen LogP contribution is 2.23. The summed E-state index contributed by atoms with van der Waals surface area (Å²) < 4.78 is 10.2. The van der Waals surface area contributed by atoms with Gasteiger partial charge in [0.25, 0.3) is 0 Å². The molecule has 0 saturated carbocycles. The molecule has 0 aromatic heterocycles. The van der Waals surface area contributed by atoms with E-state index >= 15 is 0 Å². The highest BCUT2D eigenvalue weighted by Gasteiger charge is 1.99. The summed E-state index contributed by atoms with van der Waals surface area (Å²) in [6.07, 6.45) is 3.03. The summed E-state index contributed by atoms with van der Waals surface area (Å²) in [6, 6.07) is 14.6. The summed E-state index contributed by atoms with van der Waals surface area (Å²) in [5.74, 6) is 0.954. The molecule has 0 atom stereocenters. The lowest BCUT2D eigenvalue weighted by Gasteiger charge is -2.07. The Hall–Kier alpha value is -2.59. The zero-order valence-corrected chi connectivity index (χ0v) is 11.7. The van der Waals surface area contributed by atoms with Gasteiger partial charge >= 0.3 is 5.97 Å². The van der Waals surface area contributed by atoms with Gasteiger partial charge in [0.2, 0.25) is 0 Å². The van der Waals surface area contributed by atoms with Crippen LogP contribution in [0.4, 0.5) is 0 Å². The minimum atomic E-state index is -0.392. The predicted molar refractivity (Wildman–Crippen MR) is 79.9 cm³/mol. The van der Waals surface area contributed by atoms with Crippen LogP contribution in [-0.4, -0.2) is 18.2 Å². The lowest BCUT2D eigenvalue weighted by Crippen LogP contribution is -1.93. The van der Waals surface area contributed by atoms with Crippen molar-refractivity contribution in [3.8, 4) is 11.5 Å². The molecule has 4 heteroatoms. The topological polar surface area (TPSA) is 55.8 Å². The van der Waals surface area contributed by atoms with E-state index in [0.29, 0.717) is 11.5 Å². The second-order valence-corrected chi connectivity index (χ2v) is 4.33. The molecule has 21 heavy (non-hydrogen) atoms. The zero-order valence-electron chi connectivity index (χ0n) is 11.7. The number of ether oxygens (including phenoxy) is 2. The number of rotatable bonds is 5. The Morgan fingerprint density at radius 1 is 1.14 bits per heavy atom. The van der Waals surface area contributed by atoms with Crippen LogP contribution in [0.3, 0.4) is 0 Å². The maximum absolute atomic E-state index is 11.0. The number of carbonyl (C=O) groups excluding carboxylic acids is 1. The van der Waals surface area contributed by atoms with E-state index in [9.17, 15) is 4.79 Å². The molecule has 0 unspecified atom stereocenters. The third-order valence-corrected chi connectivity index (χ3v) is 2.81. The largest absolute Gasteiger partial charge is 0.466 e. The fourth-order valence-electron chi connectivity index (χ4n) is 1.72. The Labute approximate surface area is 123 Å². The van der Waals surface area contributed by atoms with Crippen molar-refractivity contribution in [1.29, 1.82) is 0 Å². The van der Waals surface area contributed by atoms with Crippen LogP contribution in [0.15, 0.2) is 54.6 Å². The number of hydrogen-bond donors (Lipinski definition) is 1. The van der Waals surface area contributed by atoms with Gasteiger partial charge in [-0.25, -0.2) is 4.79 Å². The Balaban J connectivity index is 2.05. The molecule has 2 aromatic rings. The van der Waals surface area contributed by atoms with Crippen molar-refractivity contribution in [2.24, 2.45) is 0 Å². The Morgan fingerprint density at radius 3 is 2.57 bits per heavy atom. The summed E-state index contributed by atoms with van der Waals surface area (Å²) in [5, 5.41) is 9.09. The van der Waals surface area contributed by atoms with Crippen LogP contribution in [0.25, 0.3) is 6.08 Å². The first kappa shape index (κ1) is 14.8. The van der Waals surface area contributed by atoms with E-state index in [-0.39, 0.29) is 6.61 Å². The van der Waals surface area contributed by atoms with E-state index in [1.54, 1.807) is 12.1 Å². The summed E-state index contributed by atoms with van der Waals surface area (Å²) in [4.78, 5) is 11.0. The van der Waals surface area contributed by atoms with Gasteiger partial charge in [-0.15, -0.1) is 0 Å². The number of aliphatic hydroxyl groups is 1. The molecule has 0 aliphatic carbocycles. The lowest BCUT2D eigenvalue weighted by molar-refractivity contribution is -0.134. The number of benzene rings is 2. The molecule has 108 valence electrons. The standard InChI is InChI=1S/C17H16O4/c1-20-17(19)10-7-13-5-8-15(9-6-13)21-16-4-2-3-14(11-16)12-18/h2-11,18H,12H2,1H3/b10-7+. The fraction of sp³-hybridized carbons (Fsp3) is 0.118. The van der Waals surface area contributed by atoms with Gasteiger partial charge in [0.1, 0.15) is 11.5 Å². The number of esters is 1. The molecular weight excluding hydrogens is 268 g/mol. The minimum Gasteiger partial charge on any atom is -0.466 e. The van der Waals surface area contributed by atoms with Gasteiger partial charge in [-0.05, 0) is 41.5 Å². The van der Waals surface area contributed by atoms with Crippen LogP contribution in [-0.2, 0) is 16.1 Å². The van der Waals surface area contributed by atoms with Crippen molar-refractivity contribution in [2.75, 3.05) is 7.11 Å². The molecule has 0 aliphatic heterocycles. The number of hydrogen-bond acceptors (Lipinski definition) is 4. The zero-order chi connectivity index (χ0) is 15.1. The first-order valence-corrected chi connectivity index (χ1v) is 6.45. The smallest absolute Gasteiger partial charge is 0.330 e. The van der Waals surface area contributed by atoms with Gasteiger partial charge < -0.3 is 14.6 Å². The Kier molecular flexibility index (Phi) is 5.12. The van der Waals surface area contributed by atoms with Crippen molar-refractivity contribution >= 4 is 12.0 Å². The molecule has 2 aromatic carbocycles. The number of aliphatic hydroxyl groups excluding tert-OH is 1. The summed E-state index contributed by atoms with van der Waals surface area (Å²) >= 11 is 0. The molecule has 0 fully saturated rings. The molecule has 2 rings (SSSR count). The number of carbonyl (C=O) groups is 1. The quantitative estimate of drug-likeness (QED) is 0.677. The maximum Gasteiger partial charge on any atom is 0.330 e. The average molecular weight is 284 g/mol. The molecule has 0 bridgehead atoms. The van der Waals surface area contributed by atoms with Crippen LogP contribution in [0.1, 0.15) is 11.1 Å². The van der Waals surface area contributed by atoms with Gasteiger partial charge in [-0.3, -0.25) is 0 Å². The second kappa shape index (κ2) is 7.26. The third kappa shape index (κ3) is 4.47. The molecule has 0 aliphatic rings. The van der Waals surface area contributed by atoms with Crippen LogP contribution >= 0.6 is 0 Å². The van der Waals surface area contributed by atoms with E-state index in [4.69, 9.17) is 9.84 Å². The SMILES string of the molecule is COC(=O)/C=C/c1ccc(Oc2cccc(CO)c2)cc1. The summed E-state index contributed by atoms with van der Waals surface area (Å²) in [5.41, 5.74) is 1.67. The third-order valence-electron chi connectivity index (χ3n) is 2.81. The van der Waals surface area contributed by atoms with Gasteiger partial charge in [0.05, 0.1) is 13.7 Å².